The molecule has 6 heteroatoms. The molecular formula is C22H20ClNO4. The van der Waals surface area contributed by atoms with Gasteiger partial charge in [0.05, 0.1) is 25.0 Å². The minimum atomic E-state index is -0.499. The van der Waals surface area contributed by atoms with Gasteiger partial charge in [0.1, 0.15) is 17.2 Å². The highest BCUT2D eigenvalue weighted by molar-refractivity contribution is 6.31. The number of anilines is 1. The number of rotatable bonds is 7. The molecule has 0 aromatic heterocycles. The lowest BCUT2D eigenvalue weighted by Crippen LogP contribution is -2.14. The van der Waals surface area contributed by atoms with Crippen molar-refractivity contribution in [1.29, 1.82) is 0 Å². The van der Waals surface area contributed by atoms with Crippen molar-refractivity contribution in [3.63, 3.8) is 0 Å². The Hall–Kier alpha value is -3.18. The van der Waals surface area contributed by atoms with Crippen molar-refractivity contribution in [2.45, 2.75) is 6.42 Å². The third kappa shape index (κ3) is 4.96. The van der Waals surface area contributed by atoms with Crippen molar-refractivity contribution in [2.75, 3.05) is 19.0 Å². The first-order valence-electron chi connectivity index (χ1n) is 8.71. The molecule has 3 aromatic rings. The summed E-state index contributed by atoms with van der Waals surface area (Å²) in [5.74, 6) is 0.421. The van der Waals surface area contributed by atoms with E-state index < -0.39 is 5.91 Å². The van der Waals surface area contributed by atoms with Crippen LogP contribution in [0.4, 0.5) is 5.69 Å². The van der Waals surface area contributed by atoms with Crippen LogP contribution in [0, 0.1) is 0 Å². The molecule has 0 aliphatic heterocycles. The Morgan fingerprint density at radius 3 is 2.61 bits per heavy atom. The fraction of sp³-hybridized carbons (Fsp3) is 0.136. The van der Waals surface area contributed by atoms with Gasteiger partial charge in [-0.05, 0) is 35.9 Å². The highest BCUT2D eigenvalue weighted by Crippen LogP contribution is 2.31. The summed E-state index contributed by atoms with van der Waals surface area (Å²) >= 11 is 5.93. The zero-order chi connectivity index (χ0) is 19.9. The maximum atomic E-state index is 12.6. The molecule has 0 heterocycles. The molecule has 5 nitrogen and oxygen atoms in total. The molecule has 28 heavy (non-hydrogen) atoms. The van der Waals surface area contributed by atoms with Crippen LogP contribution in [0.1, 0.15) is 15.9 Å². The van der Waals surface area contributed by atoms with E-state index in [0.29, 0.717) is 28.8 Å². The van der Waals surface area contributed by atoms with E-state index in [0.717, 1.165) is 12.0 Å². The molecule has 0 aliphatic carbocycles. The third-order valence-electron chi connectivity index (χ3n) is 4.13. The Labute approximate surface area is 168 Å². The van der Waals surface area contributed by atoms with E-state index in [-0.39, 0.29) is 11.3 Å². The van der Waals surface area contributed by atoms with E-state index in [1.165, 1.54) is 18.2 Å². The van der Waals surface area contributed by atoms with Gasteiger partial charge in [0, 0.05) is 17.5 Å². The molecule has 0 unspecified atom stereocenters. The number of halogens is 1. The number of aromatic hydroxyl groups is 1. The first kappa shape index (κ1) is 19.6. The minimum Gasteiger partial charge on any atom is -0.507 e. The summed E-state index contributed by atoms with van der Waals surface area (Å²) < 4.78 is 11.1. The van der Waals surface area contributed by atoms with Crippen molar-refractivity contribution < 1.29 is 19.4 Å². The molecule has 0 saturated carbocycles. The molecule has 1 amide bonds. The molecule has 0 aliphatic rings. The van der Waals surface area contributed by atoms with Gasteiger partial charge >= 0.3 is 0 Å². The van der Waals surface area contributed by atoms with E-state index >= 15 is 0 Å². The van der Waals surface area contributed by atoms with Crippen molar-refractivity contribution in [1.82, 2.24) is 0 Å². The van der Waals surface area contributed by atoms with Crippen LogP contribution >= 0.6 is 11.6 Å². The van der Waals surface area contributed by atoms with Gasteiger partial charge in [0.2, 0.25) is 0 Å². The number of carbonyl (C=O) groups excluding carboxylic acids is 1. The quantitative estimate of drug-likeness (QED) is 0.593. The first-order chi connectivity index (χ1) is 13.6. The molecule has 0 spiro atoms. The van der Waals surface area contributed by atoms with Crippen LogP contribution in [0.15, 0.2) is 66.7 Å². The van der Waals surface area contributed by atoms with Gasteiger partial charge in [-0.2, -0.15) is 0 Å². The van der Waals surface area contributed by atoms with Gasteiger partial charge in [-0.3, -0.25) is 4.79 Å². The van der Waals surface area contributed by atoms with Gasteiger partial charge in [0.15, 0.2) is 0 Å². The highest BCUT2D eigenvalue weighted by atomic mass is 35.5. The van der Waals surface area contributed by atoms with E-state index in [4.69, 9.17) is 21.1 Å². The number of phenolic OH excluding ortho intramolecular Hbond substituents is 1. The fourth-order valence-electron chi connectivity index (χ4n) is 2.66. The summed E-state index contributed by atoms with van der Waals surface area (Å²) in [6.07, 6.45) is 0.731. The molecule has 0 radical (unpaired) electrons. The van der Waals surface area contributed by atoms with E-state index in [2.05, 4.69) is 5.32 Å². The van der Waals surface area contributed by atoms with Crippen LogP contribution in [0.3, 0.4) is 0 Å². The van der Waals surface area contributed by atoms with Gasteiger partial charge in [0.25, 0.3) is 5.91 Å². The van der Waals surface area contributed by atoms with Crippen molar-refractivity contribution in [2.24, 2.45) is 0 Å². The number of methoxy groups -OCH3 is 1. The van der Waals surface area contributed by atoms with Crippen molar-refractivity contribution in [3.05, 3.63) is 82.9 Å². The number of carbonyl (C=O) groups is 1. The highest BCUT2D eigenvalue weighted by Gasteiger charge is 2.15. The van der Waals surface area contributed by atoms with Gasteiger partial charge in [-0.1, -0.05) is 41.9 Å². The monoisotopic (exact) mass is 397 g/mol. The number of ether oxygens (including phenoxy) is 2. The van der Waals surface area contributed by atoms with Gasteiger partial charge in [-0.25, -0.2) is 0 Å². The summed E-state index contributed by atoms with van der Waals surface area (Å²) in [6, 6.07) is 19.4. The second kappa shape index (κ2) is 9.15. The number of hydrogen-bond donors (Lipinski definition) is 2. The molecular weight excluding hydrogens is 378 g/mol. The second-order valence-electron chi connectivity index (χ2n) is 6.06. The zero-order valence-corrected chi connectivity index (χ0v) is 16.1. The van der Waals surface area contributed by atoms with Crippen molar-refractivity contribution >= 4 is 23.2 Å². The Morgan fingerprint density at radius 1 is 1.07 bits per heavy atom. The predicted molar refractivity (Wildman–Crippen MR) is 110 cm³/mol. The number of amides is 1. The third-order valence-corrected chi connectivity index (χ3v) is 4.36. The topological polar surface area (TPSA) is 67.8 Å². The smallest absolute Gasteiger partial charge is 0.259 e. The largest absolute Gasteiger partial charge is 0.507 e. The van der Waals surface area contributed by atoms with Crippen LogP contribution in [-0.2, 0) is 6.42 Å². The minimum absolute atomic E-state index is 0.0746. The predicted octanol–water partition coefficient (Wildman–Crippen LogP) is 4.93. The average molecular weight is 398 g/mol. The standard InChI is InChI=1S/C22H20ClNO4/c1-27-17-8-10-21(28-12-11-15-5-3-2-4-6-15)19(14-17)24-22(26)18-13-16(23)7-9-20(18)25/h2-10,13-14,25H,11-12H2,1H3,(H,24,26). The van der Waals surface area contributed by atoms with E-state index in [1.54, 1.807) is 25.3 Å². The van der Waals surface area contributed by atoms with Crippen LogP contribution in [0.25, 0.3) is 0 Å². The molecule has 3 rings (SSSR count). The van der Waals surface area contributed by atoms with Crippen LogP contribution < -0.4 is 14.8 Å². The van der Waals surface area contributed by atoms with Crippen LogP contribution in [0.2, 0.25) is 5.02 Å². The fourth-order valence-corrected chi connectivity index (χ4v) is 2.84. The Bertz CT molecular complexity index is 960. The Kier molecular flexibility index (Phi) is 6.40. The normalized spacial score (nSPS) is 10.4. The molecule has 0 atom stereocenters. The number of phenols is 1. The zero-order valence-electron chi connectivity index (χ0n) is 15.3. The van der Waals surface area contributed by atoms with Crippen LogP contribution in [0.5, 0.6) is 17.2 Å². The first-order valence-corrected chi connectivity index (χ1v) is 9.09. The van der Waals surface area contributed by atoms with Gasteiger partial charge in [-0.15, -0.1) is 0 Å². The lowest BCUT2D eigenvalue weighted by molar-refractivity contribution is 0.102. The lowest BCUT2D eigenvalue weighted by atomic mass is 10.1. The maximum Gasteiger partial charge on any atom is 0.259 e. The molecule has 144 valence electrons. The second-order valence-corrected chi connectivity index (χ2v) is 6.50. The average Bonchev–Trinajstić information content (AvgIpc) is 2.71. The number of hydrogen-bond acceptors (Lipinski definition) is 4. The molecule has 0 saturated heterocycles. The lowest BCUT2D eigenvalue weighted by Gasteiger charge is -2.14. The number of nitrogens with one attached hydrogen (secondary N) is 1. The van der Waals surface area contributed by atoms with E-state index in [1.807, 2.05) is 30.3 Å². The summed E-state index contributed by atoms with van der Waals surface area (Å²) in [6.45, 7) is 0.446. The molecule has 2 N–H and O–H groups in total. The van der Waals surface area contributed by atoms with Crippen LogP contribution in [-0.4, -0.2) is 24.7 Å². The Morgan fingerprint density at radius 2 is 1.86 bits per heavy atom. The number of benzene rings is 3. The van der Waals surface area contributed by atoms with Gasteiger partial charge < -0.3 is 19.9 Å². The SMILES string of the molecule is COc1ccc(OCCc2ccccc2)c(NC(=O)c2cc(Cl)ccc2O)c1. The summed E-state index contributed by atoms with van der Waals surface area (Å²) in [5.41, 5.74) is 1.67. The summed E-state index contributed by atoms with van der Waals surface area (Å²) in [5, 5.41) is 13.1. The molecule has 3 aromatic carbocycles. The summed E-state index contributed by atoms with van der Waals surface area (Å²) in [4.78, 5) is 12.6. The Balaban J connectivity index is 1.76. The summed E-state index contributed by atoms with van der Waals surface area (Å²) in [7, 11) is 1.54. The van der Waals surface area contributed by atoms with E-state index in [9.17, 15) is 9.90 Å². The maximum absolute atomic E-state index is 12.6. The molecule has 0 bridgehead atoms. The molecule has 0 fully saturated rings. The van der Waals surface area contributed by atoms with Crippen molar-refractivity contribution in [3.8, 4) is 17.2 Å².